The van der Waals surface area contributed by atoms with Crippen LogP contribution in [0, 0.1) is 5.92 Å². The molecule has 1 aromatic heterocycles. The molecule has 1 aliphatic heterocycles. The summed E-state index contributed by atoms with van der Waals surface area (Å²) in [4.78, 5) is 4.35. The molecule has 2 rings (SSSR count). The second-order valence-electron chi connectivity index (χ2n) is 4.66. The average molecular weight is 257 g/mol. The molecule has 0 spiro atoms. The Morgan fingerprint density at radius 3 is 3.00 bits per heavy atom. The highest BCUT2D eigenvalue weighted by molar-refractivity contribution is 7.99. The number of ether oxygens (including phenoxy) is 1. The van der Waals surface area contributed by atoms with Crippen molar-refractivity contribution < 1.29 is 9.26 Å². The molecular formula is C11H19N3O2S. The Kier molecular flexibility index (Phi) is 4.42. The maximum absolute atomic E-state index is 6.00. The van der Waals surface area contributed by atoms with Gasteiger partial charge in [0.25, 0.3) is 0 Å². The number of thioether (sulfide) groups is 1. The second kappa shape index (κ2) is 5.84. The fourth-order valence-corrected chi connectivity index (χ4v) is 2.61. The minimum Gasteiger partial charge on any atom is -0.368 e. The minimum absolute atomic E-state index is 0.0440. The maximum atomic E-state index is 6.00. The Morgan fingerprint density at radius 2 is 2.35 bits per heavy atom. The summed E-state index contributed by atoms with van der Waals surface area (Å²) >= 11 is 1.85. The van der Waals surface area contributed by atoms with Gasteiger partial charge >= 0.3 is 0 Å². The first-order valence-corrected chi connectivity index (χ1v) is 7.10. The number of hydrogen-bond acceptors (Lipinski definition) is 6. The Morgan fingerprint density at radius 1 is 1.53 bits per heavy atom. The summed E-state index contributed by atoms with van der Waals surface area (Å²) in [5.41, 5.74) is 6.00. The molecule has 0 bridgehead atoms. The Balaban J connectivity index is 1.99. The van der Waals surface area contributed by atoms with Gasteiger partial charge in [0, 0.05) is 11.5 Å². The van der Waals surface area contributed by atoms with Gasteiger partial charge < -0.3 is 15.0 Å². The summed E-state index contributed by atoms with van der Waals surface area (Å²) in [6.07, 6.45) is 0.805. The maximum Gasteiger partial charge on any atom is 0.243 e. The highest BCUT2D eigenvalue weighted by Crippen LogP contribution is 2.26. The smallest absolute Gasteiger partial charge is 0.243 e. The molecule has 2 unspecified atom stereocenters. The van der Waals surface area contributed by atoms with Crippen molar-refractivity contribution in [2.24, 2.45) is 11.7 Å². The van der Waals surface area contributed by atoms with E-state index in [4.69, 9.17) is 15.0 Å². The number of hydrogen-bond donors (Lipinski definition) is 1. The summed E-state index contributed by atoms with van der Waals surface area (Å²) in [6, 6.07) is -0.174. The SMILES string of the molecule is CC(C)CC(N)c1nc(C2CSCCO2)no1. The summed E-state index contributed by atoms with van der Waals surface area (Å²) in [5.74, 6) is 3.59. The lowest BCUT2D eigenvalue weighted by Crippen LogP contribution is -2.17. The molecule has 1 aromatic rings. The van der Waals surface area contributed by atoms with Crippen LogP contribution in [0.5, 0.6) is 0 Å². The van der Waals surface area contributed by atoms with E-state index in [1.165, 1.54) is 0 Å². The predicted molar refractivity (Wildman–Crippen MR) is 66.7 cm³/mol. The van der Waals surface area contributed by atoms with Crippen LogP contribution in [0.3, 0.4) is 0 Å². The molecule has 1 fully saturated rings. The van der Waals surface area contributed by atoms with Crippen LogP contribution in [0.1, 0.15) is 44.1 Å². The van der Waals surface area contributed by atoms with Crippen LogP contribution < -0.4 is 5.73 Å². The van der Waals surface area contributed by atoms with Gasteiger partial charge in [0.05, 0.1) is 12.6 Å². The molecule has 17 heavy (non-hydrogen) atoms. The molecule has 1 aliphatic rings. The van der Waals surface area contributed by atoms with Gasteiger partial charge in [0.2, 0.25) is 11.7 Å². The van der Waals surface area contributed by atoms with E-state index < -0.39 is 0 Å². The first-order valence-electron chi connectivity index (χ1n) is 5.95. The van der Waals surface area contributed by atoms with Crippen LogP contribution in [-0.2, 0) is 4.74 Å². The topological polar surface area (TPSA) is 74.2 Å². The monoisotopic (exact) mass is 257 g/mol. The highest BCUT2D eigenvalue weighted by atomic mass is 32.2. The van der Waals surface area contributed by atoms with Crippen LogP contribution >= 0.6 is 11.8 Å². The van der Waals surface area contributed by atoms with Gasteiger partial charge in [-0.25, -0.2) is 0 Å². The Hall–Kier alpha value is -0.590. The molecular weight excluding hydrogens is 238 g/mol. The first-order chi connectivity index (χ1) is 8.16. The Labute approximate surface area is 105 Å². The fourth-order valence-electron chi connectivity index (χ4n) is 1.77. The quantitative estimate of drug-likeness (QED) is 0.888. The van der Waals surface area contributed by atoms with Crippen LogP contribution in [0.4, 0.5) is 0 Å². The minimum atomic E-state index is -0.174. The predicted octanol–water partition coefficient (Wildman–Crippen LogP) is 1.92. The molecule has 1 saturated heterocycles. The van der Waals surface area contributed by atoms with Gasteiger partial charge in [-0.05, 0) is 12.3 Å². The van der Waals surface area contributed by atoms with Gasteiger partial charge in [-0.3, -0.25) is 0 Å². The van der Waals surface area contributed by atoms with E-state index in [1.54, 1.807) is 0 Å². The summed E-state index contributed by atoms with van der Waals surface area (Å²) in [7, 11) is 0. The first kappa shape index (κ1) is 12.9. The van der Waals surface area contributed by atoms with Crippen LogP contribution in [0.25, 0.3) is 0 Å². The molecule has 2 heterocycles. The van der Waals surface area contributed by atoms with Crippen molar-refractivity contribution in [3.05, 3.63) is 11.7 Å². The van der Waals surface area contributed by atoms with E-state index in [1.807, 2.05) is 11.8 Å². The van der Waals surface area contributed by atoms with Crippen molar-refractivity contribution in [2.75, 3.05) is 18.1 Å². The zero-order chi connectivity index (χ0) is 12.3. The lowest BCUT2D eigenvalue weighted by atomic mass is 10.0. The van der Waals surface area contributed by atoms with Crippen molar-refractivity contribution >= 4 is 11.8 Å². The molecule has 0 radical (unpaired) electrons. The van der Waals surface area contributed by atoms with Gasteiger partial charge in [-0.2, -0.15) is 16.7 Å². The standard InChI is InChI=1S/C11H19N3O2S/c1-7(2)5-8(12)11-13-10(14-16-11)9-6-17-4-3-15-9/h7-9H,3-6,12H2,1-2H3. The molecule has 0 aliphatic carbocycles. The number of nitrogens with two attached hydrogens (primary N) is 1. The number of nitrogens with zero attached hydrogens (tertiary/aromatic N) is 2. The molecule has 5 nitrogen and oxygen atoms in total. The lowest BCUT2D eigenvalue weighted by molar-refractivity contribution is 0.0677. The third-order valence-electron chi connectivity index (χ3n) is 2.60. The van der Waals surface area contributed by atoms with Crippen molar-refractivity contribution in [1.82, 2.24) is 10.1 Å². The summed E-state index contributed by atoms with van der Waals surface area (Å²) in [6.45, 7) is 4.99. The average Bonchev–Trinajstić information content (AvgIpc) is 2.78. The van der Waals surface area contributed by atoms with Gasteiger partial charge in [0.15, 0.2) is 0 Å². The molecule has 0 saturated carbocycles. The summed E-state index contributed by atoms with van der Waals surface area (Å²) < 4.78 is 10.8. The molecule has 2 atom stereocenters. The number of rotatable bonds is 4. The molecule has 0 aromatic carbocycles. The van der Waals surface area contributed by atoms with E-state index in [0.717, 1.165) is 24.5 Å². The molecule has 6 heteroatoms. The van der Waals surface area contributed by atoms with E-state index in [-0.39, 0.29) is 12.1 Å². The van der Waals surface area contributed by atoms with Crippen LogP contribution in [-0.4, -0.2) is 28.3 Å². The zero-order valence-corrected chi connectivity index (χ0v) is 11.1. The van der Waals surface area contributed by atoms with Crippen molar-refractivity contribution in [3.8, 4) is 0 Å². The van der Waals surface area contributed by atoms with Crippen LogP contribution in [0.15, 0.2) is 4.52 Å². The number of aromatic nitrogens is 2. The van der Waals surface area contributed by atoms with Gasteiger partial charge in [0.1, 0.15) is 6.10 Å². The zero-order valence-electron chi connectivity index (χ0n) is 10.3. The van der Waals surface area contributed by atoms with Crippen molar-refractivity contribution in [1.29, 1.82) is 0 Å². The van der Waals surface area contributed by atoms with E-state index >= 15 is 0 Å². The van der Waals surface area contributed by atoms with E-state index in [0.29, 0.717) is 17.6 Å². The Bertz CT molecular complexity index is 350. The molecule has 96 valence electrons. The van der Waals surface area contributed by atoms with Crippen molar-refractivity contribution in [3.63, 3.8) is 0 Å². The van der Waals surface area contributed by atoms with Crippen LogP contribution in [0.2, 0.25) is 0 Å². The third-order valence-corrected chi connectivity index (χ3v) is 3.60. The van der Waals surface area contributed by atoms with E-state index in [9.17, 15) is 0 Å². The largest absolute Gasteiger partial charge is 0.368 e. The van der Waals surface area contributed by atoms with Gasteiger partial charge in [-0.1, -0.05) is 19.0 Å². The second-order valence-corrected chi connectivity index (χ2v) is 5.81. The highest BCUT2D eigenvalue weighted by Gasteiger charge is 2.24. The van der Waals surface area contributed by atoms with Gasteiger partial charge in [-0.15, -0.1) is 0 Å². The molecule has 0 amide bonds. The van der Waals surface area contributed by atoms with Crippen molar-refractivity contribution in [2.45, 2.75) is 32.4 Å². The summed E-state index contributed by atoms with van der Waals surface area (Å²) in [5, 5.41) is 3.96. The lowest BCUT2D eigenvalue weighted by Gasteiger charge is -2.18. The molecule has 2 N–H and O–H groups in total. The fraction of sp³-hybridized carbons (Fsp3) is 0.818. The third kappa shape index (κ3) is 3.43. The van der Waals surface area contributed by atoms with E-state index in [2.05, 4.69) is 24.0 Å². The normalized spacial score (nSPS) is 22.9.